The Balaban J connectivity index is 2.59. The zero-order chi connectivity index (χ0) is 12.3. The molecular weight excluding hydrogens is 221 g/mol. The van der Waals surface area contributed by atoms with Gasteiger partial charge >= 0.3 is 0 Å². The highest BCUT2D eigenvalue weighted by atomic mass is 19.1. The van der Waals surface area contributed by atoms with Gasteiger partial charge in [-0.25, -0.2) is 9.37 Å². The minimum atomic E-state index is -0.304. The molecule has 2 rings (SSSR count). The SMILES string of the molecule is COc1nccc(CO)c1-c1ccc(F)cc1. The van der Waals surface area contributed by atoms with Gasteiger partial charge in [0.1, 0.15) is 5.82 Å². The number of hydrogen-bond donors (Lipinski definition) is 1. The second kappa shape index (κ2) is 4.93. The van der Waals surface area contributed by atoms with Gasteiger partial charge in [0, 0.05) is 11.8 Å². The Labute approximate surface area is 98.5 Å². The fourth-order valence-electron chi connectivity index (χ4n) is 1.69. The number of nitrogens with zero attached hydrogens (tertiary/aromatic N) is 1. The number of aliphatic hydroxyl groups is 1. The first-order chi connectivity index (χ1) is 8.26. The van der Waals surface area contributed by atoms with Gasteiger partial charge in [-0.05, 0) is 29.3 Å². The van der Waals surface area contributed by atoms with E-state index in [9.17, 15) is 9.50 Å². The molecule has 1 N–H and O–H groups in total. The third-order valence-corrected chi connectivity index (χ3v) is 2.50. The summed E-state index contributed by atoms with van der Waals surface area (Å²) in [4.78, 5) is 4.08. The van der Waals surface area contributed by atoms with Gasteiger partial charge in [-0.15, -0.1) is 0 Å². The van der Waals surface area contributed by atoms with Gasteiger partial charge in [0.25, 0.3) is 0 Å². The molecule has 0 saturated heterocycles. The lowest BCUT2D eigenvalue weighted by atomic mass is 10.0. The summed E-state index contributed by atoms with van der Waals surface area (Å²) in [7, 11) is 1.51. The van der Waals surface area contributed by atoms with Crippen LogP contribution in [0.25, 0.3) is 11.1 Å². The van der Waals surface area contributed by atoms with Crippen LogP contribution in [0.3, 0.4) is 0 Å². The maximum Gasteiger partial charge on any atom is 0.221 e. The number of aromatic nitrogens is 1. The predicted molar refractivity (Wildman–Crippen MR) is 62.1 cm³/mol. The van der Waals surface area contributed by atoms with Crippen LogP contribution in [-0.4, -0.2) is 17.2 Å². The van der Waals surface area contributed by atoms with Crippen molar-refractivity contribution in [3.05, 3.63) is 47.9 Å². The topological polar surface area (TPSA) is 42.4 Å². The second-order valence-corrected chi connectivity index (χ2v) is 3.52. The zero-order valence-electron chi connectivity index (χ0n) is 9.35. The molecule has 0 spiro atoms. The van der Waals surface area contributed by atoms with Crippen LogP contribution in [0.5, 0.6) is 5.88 Å². The normalized spacial score (nSPS) is 10.3. The van der Waals surface area contributed by atoms with Gasteiger partial charge in [-0.1, -0.05) is 12.1 Å². The van der Waals surface area contributed by atoms with Crippen molar-refractivity contribution in [2.24, 2.45) is 0 Å². The molecule has 1 heterocycles. The van der Waals surface area contributed by atoms with Crippen molar-refractivity contribution < 1.29 is 14.2 Å². The van der Waals surface area contributed by atoms with E-state index >= 15 is 0 Å². The molecule has 0 aliphatic carbocycles. The molecule has 0 saturated carbocycles. The lowest BCUT2D eigenvalue weighted by Crippen LogP contribution is -1.97. The Morgan fingerprint density at radius 1 is 1.24 bits per heavy atom. The Morgan fingerprint density at radius 2 is 1.94 bits per heavy atom. The summed E-state index contributed by atoms with van der Waals surface area (Å²) < 4.78 is 18.0. The average molecular weight is 233 g/mol. The molecule has 0 bridgehead atoms. The van der Waals surface area contributed by atoms with Gasteiger partial charge in [0.15, 0.2) is 0 Å². The number of methoxy groups -OCH3 is 1. The summed E-state index contributed by atoms with van der Waals surface area (Å²) in [6, 6.07) is 7.70. The van der Waals surface area contributed by atoms with Crippen LogP contribution in [0.1, 0.15) is 5.56 Å². The predicted octanol–water partition coefficient (Wildman–Crippen LogP) is 2.39. The lowest BCUT2D eigenvalue weighted by Gasteiger charge is -2.11. The second-order valence-electron chi connectivity index (χ2n) is 3.52. The van der Waals surface area contributed by atoms with Crippen molar-refractivity contribution in [3.63, 3.8) is 0 Å². The van der Waals surface area contributed by atoms with E-state index < -0.39 is 0 Å². The van der Waals surface area contributed by atoms with Crippen molar-refractivity contribution in [2.75, 3.05) is 7.11 Å². The molecule has 0 atom stereocenters. The quantitative estimate of drug-likeness (QED) is 0.885. The number of halogens is 1. The molecule has 0 radical (unpaired) electrons. The Hall–Kier alpha value is -1.94. The molecule has 3 nitrogen and oxygen atoms in total. The number of rotatable bonds is 3. The summed E-state index contributed by atoms with van der Waals surface area (Å²) in [6.07, 6.45) is 1.57. The van der Waals surface area contributed by atoms with Gasteiger partial charge in [0.05, 0.1) is 13.7 Å². The number of hydrogen-bond acceptors (Lipinski definition) is 3. The van der Waals surface area contributed by atoms with E-state index in [1.165, 1.54) is 19.2 Å². The van der Waals surface area contributed by atoms with Crippen molar-refractivity contribution in [3.8, 4) is 17.0 Å². The minimum Gasteiger partial charge on any atom is -0.481 e. The molecule has 0 fully saturated rings. The minimum absolute atomic E-state index is 0.119. The van der Waals surface area contributed by atoms with Crippen LogP contribution in [0.4, 0.5) is 4.39 Å². The number of ether oxygens (including phenoxy) is 1. The number of benzene rings is 1. The van der Waals surface area contributed by atoms with Crippen LogP contribution in [0.15, 0.2) is 36.5 Å². The Morgan fingerprint density at radius 3 is 2.53 bits per heavy atom. The molecule has 1 aromatic heterocycles. The van der Waals surface area contributed by atoms with Crippen LogP contribution in [0.2, 0.25) is 0 Å². The van der Waals surface area contributed by atoms with Crippen molar-refractivity contribution in [1.82, 2.24) is 4.98 Å². The molecule has 4 heteroatoms. The summed E-state index contributed by atoms with van der Waals surface area (Å²) in [5.74, 6) is 0.116. The summed E-state index contributed by atoms with van der Waals surface area (Å²) in [5.41, 5.74) is 2.15. The van der Waals surface area contributed by atoms with E-state index in [0.29, 0.717) is 17.0 Å². The average Bonchev–Trinajstić information content (AvgIpc) is 2.38. The molecule has 88 valence electrons. The lowest BCUT2D eigenvalue weighted by molar-refractivity contribution is 0.281. The largest absolute Gasteiger partial charge is 0.481 e. The molecule has 0 aliphatic heterocycles. The smallest absolute Gasteiger partial charge is 0.221 e. The van der Waals surface area contributed by atoms with Crippen LogP contribution in [-0.2, 0) is 6.61 Å². The van der Waals surface area contributed by atoms with Gasteiger partial charge in [-0.2, -0.15) is 0 Å². The monoisotopic (exact) mass is 233 g/mol. The highest BCUT2D eigenvalue weighted by molar-refractivity contribution is 5.72. The third kappa shape index (κ3) is 2.26. The first-order valence-corrected chi connectivity index (χ1v) is 5.15. The Bertz CT molecular complexity index is 489. The molecule has 2 aromatic rings. The van der Waals surface area contributed by atoms with Crippen molar-refractivity contribution >= 4 is 0 Å². The van der Waals surface area contributed by atoms with E-state index in [1.807, 2.05) is 0 Å². The fourth-order valence-corrected chi connectivity index (χ4v) is 1.69. The highest BCUT2D eigenvalue weighted by Crippen LogP contribution is 2.31. The van der Waals surface area contributed by atoms with E-state index in [1.54, 1.807) is 24.4 Å². The number of aliphatic hydroxyl groups excluding tert-OH is 1. The summed E-state index contributed by atoms with van der Waals surface area (Å²) in [5, 5.41) is 9.30. The molecular formula is C13H12FNO2. The Kier molecular flexibility index (Phi) is 3.35. The fraction of sp³-hybridized carbons (Fsp3) is 0.154. The van der Waals surface area contributed by atoms with Crippen LogP contribution < -0.4 is 4.74 Å². The van der Waals surface area contributed by atoms with Gasteiger partial charge in [-0.3, -0.25) is 0 Å². The summed E-state index contributed by atoms with van der Waals surface area (Å²) >= 11 is 0. The molecule has 0 unspecified atom stereocenters. The molecule has 17 heavy (non-hydrogen) atoms. The molecule has 1 aromatic carbocycles. The maximum atomic E-state index is 12.9. The highest BCUT2D eigenvalue weighted by Gasteiger charge is 2.12. The van der Waals surface area contributed by atoms with E-state index in [2.05, 4.69) is 4.98 Å². The van der Waals surface area contributed by atoms with Crippen molar-refractivity contribution in [1.29, 1.82) is 0 Å². The van der Waals surface area contributed by atoms with Crippen LogP contribution >= 0.6 is 0 Å². The number of pyridine rings is 1. The van der Waals surface area contributed by atoms with Crippen LogP contribution in [0, 0.1) is 5.82 Å². The van der Waals surface area contributed by atoms with Gasteiger partial charge in [0.2, 0.25) is 5.88 Å². The zero-order valence-corrected chi connectivity index (χ0v) is 9.35. The standard InChI is InChI=1S/C13H12FNO2/c1-17-13-12(10(8-16)6-7-15-13)9-2-4-11(14)5-3-9/h2-7,16H,8H2,1H3. The first kappa shape index (κ1) is 11.5. The molecule has 0 amide bonds. The van der Waals surface area contributed by atoms with Gasteiger partial charge < -0.3 is 9.84 Å². The van der Waals surface area contributed by atoms with E-state index in [-0.39, 0.29) is 12.4 Å². The summed E-state index contributed by atoms with van der Waals surface area (Å²) in [6.45, 7) is -0.119. The van der Waals surface area contributed by atoms with E-state index in [0.717, 1.165) is 5.56 Å². The first-order valence-electron chi connectivity index (χ1n) is 5.15. The van der Waals surface area contributed by atoms with E-state index in [4.69, 9.17) is 4.74 Å². The maximum absolute atomic E-state index is 12.9. The third-order valence-electron chi connectivity index (χ3n) is 2.50. The van der Waals surface area contributed by atoms with Crippen molar-refractivity contribution in [2.45, 2.75) is 6.61 Å². The molecule has 0 aliphatic rings.